The third-order valence-corrected chi connectivity index (χ3v) is 3.96. The van der Waals surface area contributed by atoms with E-state index in [4.69, 9.17) is 4.74 Å². The van der Waals surface area contributed by atoms with E-state index >= 15 is 0 Å². The van der Waals surface area contributed by atoms with E-state index in [9.17, 15) is 17.2 Å². The molecule has 20 heavy (non-hydrogen) atoms. The van der Waals surface area contributed by atoms with E-state index in [-0.39, 0.29) is 11.4 Å². The van der Waals surface area contributed by atoms with Crippen LogP contribution in [0.4, 0.5) is 14.5 Å². The number of sulfonamides is 1. The molecule has 0 bridgehead atoms. The highest BCUT2D eigenvalue weighted by Gasteiger charge is 2.24. The number of ether oxygens (including phenoxy) is 1. The molecule has 2 aromatic carbocycles. The molecule has 0 heterocycles. The number of para-hydroxylation sites is 2. The first-order valence-electron chi connectivity index (χ1n) is 5.55. The third kappa shape index (κ3) is 2.72. The van der Waals surface area contributed by atoms with Gasteiger partial charge in [0.1, 0.15) is 17.4 Å². The molecule has 0 aliphatic carbocycles. The number of hydrogen-bond donors (Lipinski definition) is 1. The van der Waals surface area contributed by atoms with Crippen LogP contribution < -0.4 is 9.46 Å². The molecular weight excluding hydrogens is 288 g/mol. The number of methoxy groups -OCH3 is 1. The van der Waals surface area contributed by atoms with Gasteiger partial charge in [0, 0.05) is 0 Å². The maximum absolute atomic E-state index is 13.5. The molecule has 0 aromatic heterocycles. The molecule has 0 atom stereocenters. The predicted octanol–water partition coefficient (Wildman–Crippen LogP) is 2.77. The van der Waals surface area contributed by atoms with E-state index in [1.807, 2.05) is 0 Å². The average molecular weight is 299 g/mol. The number of benzene rings is 2. The summed E-state index contributed by atoms with van der Waals surface area (Å²) in [5, 5.41) is 0. The molecule has 7 heteroatoms. The van der Waals surface area contributed by atoms with Crippen molar-refractivity contribution in [2.24, 2.45) is 0 Å². The van der Waals surface area contributed by atoms with E-state index in [1.165, 1.54) is 19.2 Å². The van der Waals surface area contributed by atoms with Crippen LogP contribution in [-0.4, -0.2) is 15.5 Å². The molecule has 1 N–H and O–H groups in total. The van der Waals surface area contributed by atoms with Gasteiger partial charge < -0.3 is 4.74 Å². The molecule has 0 aliphatic heterocycles. The van der Waals surface area contributed by atoms with Gasteiger partial charge >= 0.3 is 0 Å². The van der Waals surface area contributed by atoms with Gasteiger partial charge in [-0.2, -0.15) is 0 Å². The van der Waals surface area contributed by atoms with Gasteiger partial charge in [-0.1, -0.05) is 18.2 Å². The molecule has 2 rings (SSSR count). The fourth-order valence-corrected chi connectivity index (χ4v) is 2.87. The first kappa shape index (κ1) is 14.3. The number of anilines is 1. The molecule has 4 nitrogen and oxygen atoms in total. The van der Waals surface area contributed by atoms with E-state index < -0.39 is 26.6 Å². The van der Waals surface area contributed by atoms with E-state index in [1.54, 1.807) is 12.1 Å². The molecule has 0 spiro atoms. The standard InChI is InChI=1S/C13H11F2NO3S/c1-19-12-8-3-2-7-11(12)16-20(17,18)13-9(14)5-4-6-10(13)15/h2-8,16H,1H3. The quantitative estimate of drug-likeness (QED) is 0.944. The van der Waals surface area contributed by atoms with Crippen LogP contribution >= 0.6 is 0 Å². The summed E-state index contributed by atoms with van der Waals surface area (Å²) < 4.78 is 58.3. The summed E-state index contributed by atoms with van der Waals surface area (Å²) in [5.74, 6) is -2.08. The molecule has 0 fully saturated rings. The second-order valence-electron chi connectivity index (χ2n) is 3.86. The molecule has 0 radical (unpaired) electrons. The lowest BCUT2D eigenvalue weighted by Crippen LogP contribution is -2.16. The average Bonchev–Trinajstić information content (AvgIpc) is 2.38. The van der Waals surface area contributed by atoms with Gasteiger partial charge in [0.15, 0.2) is 4.90 Å². The van der Waals surface area contributed by atoms with Crippen molar-refractivity contribution in [3.8, 4) is 5.75 Å². The second kappa shape index (κ2) is 5.46. The van der Waals surface area contributed by atoms with Crippen LogP contribution in [0.5, 0.6) is 5.75 Å². The number of hydrogen-bond acceptors (Lipinski definition) is 3. The van der Waals surface area contributed by atoms with Crippen LogP contribution in [-0.2, 0) is 10.0 Å². The lowest BCUT2D eigenvalue weighted by Gasteiger charge is -2.12. The smallest absolute Gasteiger partial charge is 0.267 e. The van der Waals surface area contributed by atoms with Crippen molar-refractivity contribution < 1.29 is 21.9 Å². The third-order valence-electron chi connectivity index (χ3n) is 2.54. The summed E-state index contributed by atoms with van der Waals surface area (Å²) in [4.78, 5) is -1.02. The van der Waals surface area contributed by atoms with E-state index in [0.29, 0.717) is 0 Å². The van der Waals surface area contributed by atoms with Crippen LogP contribution in [0.2, 0.25) is 0 Å². The SMILES string of the molecule is COc1ccccc1NS(=O)(=O)c1c(F)cccc1F. The van der Waals surface area contributed by atoms with Crippen molar-refractivity contribution in [3.05, 3.63) is 54.1 Å². The molecule has 0 amide bonds. The molecule has 0 saturated carbocycles. The molecule has 106 valence electrons. The minimum Gasteiger partial charge on any atom is -0.495 e. The van der Waals surface area contributed by atoms with Crippen LogP contribution in [0.25, 0.3) is 0 Å². The van der Waals surface area contributed by atoms with Gasteiger partial charge in [-0.3, -0.25) is 4.72 Å². The normalized spacial score (nSPS) is 11.2. The maximum Gasteiger partial charge on any atom is 0.267 e. The van der Waals surface area contributed by atoms with Crippen molar-refractivity contribution in [2.45, 2.75) is 4.90 Å². The van der Waals surface area contributed by atoms with Gasteiger partial charge in [0.25, 0.3) is 10.0 Å². The zero-order valence-corrected chi connectivity index (χ0v) is 11.2. The number of nitrogens with one attached hydrogen (secondary N) is 1. The van der Waals surface area contributed by atoms with Crippen LogP contribution in [0, 0.1) is 11.6 Å². The topological polar surface area (TPSA) is 55.4 Å². The van der Waals surface area contributed by atoms with Crippen LogP contribution in [0.15, 0.2) is 47.4 Å². The summed E-state index contributed by atoms with van der Waals surface area (Å²) in [6.45, 7) is 0. The van der Waals surface area contributed by atoms with Crippen LogP contribution in [0.1, 0.15) is 0 Å². The lowest BCUT2D eigenvalue weighted by atomic mass is 10.3. The Morgan fingerprint density at radius 2 is 1.60 bits per heavy atom. The van der Waals surface area contributed by atoms with Gasteiger partial charge in [-0.15, -0.1) is 0 Å². The Hall–Kier alpha value is -2.15. The van der Waals surface area contributed by atoms with Crippen molar-refractivity contribution in [2.75, 3.05) is 11.8 Å². The fourth-order valence-electron chi connectivity index (χ4n) is 1.66. The summed E-state index contributed by atoms with van der Waals surface area (Å²) in [5.41, 5.74) is 0.0950. The highest BCUT2D eigenvalue weighted by atomic mass is 32.2. The Balaban J connectivity index is 2.47. The van der Waals surface area contributed by atoms with Crippen molar-refractivity contribution in [1.82, 2.24) is 0 Å². The minimum atomic E-state index is -4.39. The molecule has 0 saturated heterocycles. The van der Waals surface area contributed by atoms with Gasteiger partial charge in [-0.05, 0) is 24.3 Å². The Kier molecular flexibility index (Phi) is 3.89. The minimum absolute atomic E-state index is 0.0950. The molecule has 0 aliphatic rings. The van der Waals surface area contributed by atoms with Crippen molar-refractivity contribution in [1.29, 1.82) is 0 Å². The van der Waals surface area contributed by atoms with Gasteiger partial charge in [-0.25, -0.2) is 17.2 Å². The van der Waals surface area contributed by atoms with E-state index in [0.717, 1.165) is 18.2 Å². The first-order valence-corrected chi connectivity index (χ1v) is 7.04. The lowest BCUT2D eigenvalue weighted by molar-refractivity contribution is 0.417. The Morgan fingerprint density at radius 1 is 1.00 bits per heavy atom. The van der Waals surface area contributed by atoms with Crippen LogP contribution in [0.3, 0.4) is 0 Å². The second-order valence-corrected chi connectivity index (χ2v) is 5.48. The van der Waals surface area contributed by atoms with Gasteiger partial charge in [0.05, 0.1) is 12.8 Å². The van der Waals surface area contributed by atoms with Crippen molar-refractivity contribution >= 4 is 15.7 Å². The van der Waals surface area contributed by atoms with Gasteiger partial charge in [0.2, 0.25) is 0 Å². The molecule has 0 unspecified atom stereocenters. The summed E-state index contributed by atoms with van der Waals surface area (Å²) in [7, 11) is -3.03. The largest absolute Gasteiger partial charge is 0.495 e. The zero-order chi connectivity index (χ0) is 14.8. The monoisotopic (exact) mass is 299 g/mol. The number of rotatable bonds is 4. The maximum atomic E-state index is 13.5. The Morgan fingerprint density at radius 3 is 2.20 bits per heavy atom. The Bertz CT molecular complexity index is 712. The highest BCUT2D eigenvalue weighted by molar-refractivity contribution is 7.92. The highest BCUT2D eigenvalue weighted by Crippen LogP contribution is 2.27. The predicted molar refractivity (Wildman–Crippen MR) is 70.2 cm³/mol. The summed E-state index contributed by atoms with van der Waals surface area (Å²) >= 11 is 0. The molecular formula is C13H11F2NO3S. The fraction of sp³-hybridized carbons (Fsp3) is 0.0769. The first-order chi connectivity index (χ1) is 9.45. The number of halogens is 2. The Labute approximate surface area is 115 Å². The van der Waals surface area contributed by atoms with Crippen molar-refractivity contribution in [3.63, 3.8) is 0 Å². The summed E-state index contributed by atoms with van der Waals surface area (Å²) in [6.07, 6.45) is 0. The summed E-state index contributed by atoms with van der Waals surface area (Å²) in [6, 6.07) is 9.00. The zero-order valence-electron chi connectivity index (χ0n) is 10.4. The molecule has 2 aromatic rings. The van der Waals surface area contributed by atoms with E-state index in [2.05, 4.69) is 4.72 Å².